The van der Waals surface area contributed by atoms with Gasteiger partial charge in [-0.1, -0.05) is 26.8 Å². The lowest BCUT2D eigenvalue weighted by Gasteiger charge is -2.17. The summed E-state index contributed by atoms with van der Waals surface area (Å²) in [6.45, 7) is 13.1. The second kappa shape index (κ2) is 15.3. The number of rotatable bonds is 11. The van der Waals surface area contributed by atoms with Gasteiger partial charge >= 0.3 is 0 Å². The summed E-state index contributed by atoms with van der Waals surface area (Å²) >= 11 is 1.59. The van der Waals surface area contributed by atoms with Crippen LogP contribution in [-0.4, -0.2) is 65.5 Å². The summed E-state index contributed by atoms with van der Waals surface area (Å²) in [4.78, 5) is 29.8. The number of hydrogen-bond acceptors (Lipinski definition) is 7. The van der Waals surface area contributed by atoms with Crippen molar-refractivity contribution in [3.8, 4) is 17.2 Å². The number of ether oxygens (including phenoxy) is 1. The van der Waals surface area contributed by atoms with Gasteiger partial charge in [0.25, 0.3) is 5.91 Å². The molecule has 212 valence electrons. The highest BCUT2D eigenvalue weighted by molar-refractivity contribution is 7.11. The number of carbonyl (C=O) groups is 2. The van der Waals surface area contributed by atoms with Crippen LogP contribution in [-0.2, 0) is 19.4 Å². The minimum absolute atomic E-state index is 0.00113. The monoisotopic (exact) mass is 554 g/mol. The van der Waals surface area contributed by atoms with E-state index in [-0.39, 0.29) is 28.4 Å². The van der Waals surface area contributed by atoms with Crippen LogP contribution in [0, 0.1) is 6.92 Å². The third-order valence-electron chi connectivity index (χ3n) is 6.48. The molecule has 3 rings (SSSR count). The van der Waals surface area contributed by atoms with Gasteiger partial charge in [0, 0.05) is 29.4 Å². The summed E-state index contributed by atoms with van der Waals surface area (Å²) in [6.07, 6.45) is 2.18. The van der Waals surface area contributed by atoms with Crippen molar-refractivity contribution in [1.82, 2.24) is 9.80 Å². The highest BCUT2D eigenvalue weighted by atomic mass is 32.1. The van der Waals surface area contributed by atoms with Gasteiger partial charge in [0.2, 0.25) is 0 Å². The van der Waals surface area contributed by atoms with Crippen molar-refractivity contribution >= 4 is 23.0 Å². The molecule has 3 aromatic rings. The third kappa shape index (κ3) is 9.41. The number of ketones is 1. The van der Waals surface area contributed by atoms with Gasteiger partial charge in [0.05, 0.1) is 17.7 Å². The first-order valence-corrected chi connectivity index (χ1v) is 14.1. The van der Waals surface area contributed by atoms with Crippen LogP contribution in [0.15, 0.2) is 42.5 Å². The lowest BCUT2D eigenvalue weighted by molar-refractivity contribution is 0.0783. The Bertz CT molecular complexity index is 1250. The van der Waals surface area contributed by atoms with Crippen molar-refractivity contribution in [3.05, 3.63) is 74.5 Å². The van der Waals surface area contributed by atoms with Crippen LogP contribution < -0.4 is 4.74 Å². The first kappa shape index (κ1) is 31.9. The molecule has 0 saturated heterocycles. The molecule has 1 amide bonds. The molecule has 39 heavy (non-hydrogen) atoms. The molecule has 2 aromatic carbocycles. The van der Waals surface area contributed by atoms with E-state index in [1.807, 2.05) is 19.1 Å². The molecule has 0 aliphatic rings. The fraction of sp³-hybridized carbons (Fsp3) is 0.419. The molecule has 2 N–H and O–H groups in total. The van der Waals surface area contributed by atoms with E-state index in [9.17, 15) is 19.8 Å². The predicted molar refractivity (Wildman–Crippen MR) is 158 cm³/mol. The number of aromatic hydroxyl groups is 2. The molecule has 8 heteroatoms. The van der Waals surface area contributed by atoms with Crippen molar-refractivity contribution in [2.24, 2.45) is 0 Å². The Morgan fingerprint density at radius 2 is 1.56 bits per heavy atom. The van der Waals surface area contributed by atoms with Crippen LogP contribution in [0.1, 0.15) is 69.3 Å². The van der Waals surface area contributed by atoms with E-state index in [1.54, 1.807) is 18.4 Å². The van der Waals surface area contributed by atoms with E-state index in [4.69, 9.17) is 4.74 Å². The number of hydrogen-bond donors (Lipinski definition) is 2. The molecule has 7 nitrogen and oxygen atoms in total. The van der Waals surface area contributed by atoms with E-state index in [1.165, 1.54) is 29.0 Å². The van der Waals surface area contributed by atoms with Crippen molar-refractivity contribution in [1.29, 1.82) is 0 Å². The number of phenolic OH excluding ortho intramolecular Hbond substituents is 2. The third-order valence-corrected chi connectivity index (χ3v) is 7.47. The lowest BCUT2D eigenvalue weighted by Crippen LogP contribution is -2.26. The smallest absolute Gasteiger partial charge is 0.257 e. The van der Waals surface area contributed by atoms with E-state index in [0.717, 1.165) is 54.1 Å². The summed E-state index contributed by atoms with van der Waals surface area (Å²) in [5.74, 6) is -0.461. The number of Topliss-reactive ketones (excluding diaryl/α,β-unsaturated/α-hetero) is 1. The van der Waals surface area contributed by atoms with Crippen LogP contribution >= 0.6 is 11.3 Å². The molecule has 0 bridgehead atoms. The fourth-order valence-corrected chi connectivity index (χ4v) is 4.90. The number of likely N-dealkylation sites (N-methyl/N-ethyl adjacent to an activating group) is 1. The Balaban J connectivity index is 0.000000283. The van der Waals surface area contributed by atoms with Gasteiger partial charge in [-0.25, -0.2) is 0 Å². The van der Waals surface area contributed by atoms with Crippen molar-refractivity contribution < 1.29 is 24.5 Å². The summed E-state index contributed by atoms with van der Waals surface area (Å²) in [5.41, 5.74) is 2.86. The molecule has 0 spiro atoms. The molecule has 0 saturated carbocycles. The van der Waals surface area contributed by atoms with Crippen molar-refractivity contribution in [2.75, 3.05) is 33.8 Å². The van der Waals surface area contributed by atoms with Gasteiger partial charge < -0.3 is 24.7 Å². The zero-order chi connectivity index (χ0) is 29.1. The number of nitrogens with zero attached hydrogens (tertiary/aromatic N) is 2. The summed E-state index contributed by atoms with van der Waals surface area (Å²) in [6, 6.07) is 12.6. The Kier molecular flexibility index (Phi) is 12.5. The number of benzene rings is 2. The van der Waals surface area contributed by atoms with E-state index >= 15 is 0 Å². The molecular formula is C31H42N2O5S. The second-order valence-electron chi connectivity index (χ2n) is 9.50. The summed E-state index contributed by atoms with van der Waals surface area (Å²) in [7, 11) is 3.73. The Morgan fingerprint density at radius 1 is 0.897 bits per heavy atom. The zero-order valence-electron chi connectivity index (χ0n) is 24.2. The summed E-state index contributed by atoms with van der Waals surface area (Å²) in [5, 5.41) is 19.5. The van der Waals surface area contributed by atoms with Crippen molar-refractivity contribution in [2.45, 2.75) is 54.0 Å². The minimum atomic E-state index is -0.411. The lowest BCUT2D eigenvalue weighted by atomic mass is 10.0. The van der Waals surface area contributed by atoms with Crippen LogP contribution in [0.5, 0.6) is 17.2 Å². The largest absolute Gasteiger partial charge is 0.507 e. The zero-order valence-corrected chi connectivity index (χ0v) is 25.0. The molecule has 0 fully saturated rings. The topological polar surface area (TPSA) is 90.3 Å². The molecule has 1 heterocycles. The summed E-state index contributed by atoms with van der Waals surface area (Å²) < 4.78 is 5.78. The first-order chi connectivity index (χ1) is 18.5. The Labute approximate surface area is 236 Å². The van der Waals surface area contributed by atoms with E-state index in [2.05, 4.69) is 50.9 Å². The van der Waals surface area contributed by atoms with Gasteiger partial charge in [0.15, 0.2) is 5.78 Å². The number of thiophene rings is 1. The van der Waals surface area contributed by atoms with Gasteiger partial charge in [-0.2, -0.15) is 0 Å². The maximum absolute atomic E-state index is 12.4. The molecule has 0 atom stereocenters. The highest BCUT2D eigenvalue weighted by Gasteiger charge is 2.20. The standard InChI is InChI=1S/C16H17NO4S.C15H25NO/c1-9-4-5-11(22-9)8-17(3)16(21)13-6-12(10(2)18)14(19)7-15(13)20;1-5-13-8-9-15(12-14(13)6-2)17-11-10-16(4)7-3/h4-7,19-20H,8H2,1-3H3;8-9,12H,5-7,10-11H2,1-4H3. The maximum atomic E-state index is 12.4. The molecular weight excluding hydrogens is 512 g/mol. The normalized spacial score (nSPS) is 10.7. The quantitative estimate of drug-likeness (QED) is 0.279. The van der Waals surface area contributed by atoms with Gasteiger partial charge in [-0.15, -0.1) is 11.3 Å². The van der Waals surface area contributed by atoms with Gasteiger partial charge in [0.1, 0.15) is 23.9 Å². The Morgan fingerprint density at radius 3 is 2.13 bits per heavy atom. The van der Waals surface area contributed by atoms with Gasteiger partial charge in [-0.05, 0) is 81.7 Å². The van der Waals surface area contributed by atoms with Gasteiger partial charge in [-0.3, -0.25) is 9.59 Å². The molecule has 1 aromatic heterocycles. The molecule has 0 radical (unpaired) electrons. The van der Waals surface area contributed by atoms with Crippen molar-refractivity contribution in [3.63, 3.8) is 0 Å². The molecule has 0 unspecified atom stereocenters. The minimum Gasteiger partial charge on any atom is -0.507 e. The fourth-order valence-electron chi connectivity index (χ4n) is 3.96. The van der Waals surface area contributed by atoms with Crippen LogP contribution in [0.25, 0.3) is 0 Å². The van der Waals surface area contributed by atoms with Crippen LogP contribution in [0.3, 0.4) is 0 Å². The predicted octanol–water partition coefficient (Wildman–Crippen LogP) is 6.08. The van der Waals surface area contributed by atoms with Crippen LogP contribution in [0.4, 0.5) is 0 Å². The van der Waals surface area contributed by atoms with E-state index in [0.29, 0.717) is 6.54 Å². The number of phenols is 2. The number of aryl methyl sites for hydroxylation is 3. The number of amides is 1. The SMILES string of the molecule is CC(=O)c1cc(C(=O)N(C)Cc2ccc(C)s2)c(O)cc1O.CCc1ccc(OCCN(C)CC)cc1CC. The molecule has 0 aliphatic carbocycles. The molecule has 0 aliphatic heterocycles. The van der Waals surface area contributed by atoms with Crippen LogP contribution in [0.2, 0.25) is 0 Å². The van der Waals surface area contributed by atoms with E-state index < -0.39 is 5.91 Å². The maximum Gasteiger partial charge on any atom is 0.257 e. The number of carbonyl (C=O) groups excluding carboxylic acids is 2. The average molecular weight is 555 g/mol. The second-order valence-corrected chi connectivity index (χ2v) is 10.9. The average Bonchev–Trinajstić information content (AvgIpc) is 3.32. The highest BCUT2D eigenvalue weighted by Crippen LogP contribution is 2.29. The first-order valence-electron chi connectivity index (χ1n) is 13.3. The Hall–Kier alpha value is -3.36.